The van der Waals surface area contributed by atoms with E-state index in [0.29, 0.717) is 17.9 Å². The zero-order chi connectivity index (χ0) is 24.2. The maximum absolute atomic E-state index is 14.3. The minimum atomic E-state index is -0.888. The van der Waals surface area contributed by atoms with Crippen LogP contribution in [0.1, 0.15) is 29.7 Å². The van der Waals surface area contributed by atoms with Gasteiger partial charge in [-0.25, -0.2) is 4.39 Å². The molecule has 8 heteroatoms. The van der Waals surface area contributed by atoms with E-state index in [-0.39, 0.29) is 23.4 Å². The van der Waals surface area contributed by atoms with E-state index in [9.17, 15) is 19.1 Å². The molecule has 0 saturated carbocycles. The number of carbonyl (C=O) groups is 2. The molecule has 174 valence electrons. The number of aromatic nitrogens is 1. The van der Waals surface area contributed by atoms with Crippen LogP contribution in [0.5, 0.6) is 11.5 Å². The molecule has 1 saturated heterocycles. The number of hydrogen-bond acceptors (Lipinski definition) is 6. The van der Waals surface area contributed by atoms with Crippen molar-refractivity contribution in [2.24, 2.45) is 0 Å². The second-order valence-corrected chi connectivity index (χ2v) is 7.64. The van der Waals surface area contributed by atoms with Crippen molar-refractivity contribution in [2.75, 3.05) is 13.7 Å². The smallest absolute Gasteiger partial charge is 0.295 e. The number of Topliss-reactive ketones (excluding diaryl/α,β-unsaturated/α-hetero) is 1. The molecule has 7 nitrogen and oxygen atoms in total. The van der Waals surface area contributed by atoms with Gasteiger partial charge in [0.15, 0.2) is 11.6 Å². The van der Waals surface area contributed by atoms with Gasteiger partial charge in [-0.2, -0.15) is 0 Å². The van der Waals surface area contributed by atoms with Crippen LogP contribution in [-0.4, -0.2) is 40.4 Å². The molecule has 1 N–H and O–H groups in total. The number of aliphatic hydroxyl groups excluding tert-OH is 1. The van der Waals surface area contributed by atoms with Gasteiger partial charge in [-0.15, -0.1) is 0 Å². The highest BCUT2D eigenvalue weighted by atomic mass is 19.1. The van der Waals surface area contributed by atoms with E-state index in [1.165, 1.54) is 24.1 Å². The van der Waals surface area contributed by atoms with E-state index in [4.69, 9.17) is 9.47 Å². The Morgan fingerprint density at radius 2 is 1.91 bits per heavy atom. The molecule has 1 aromatic heterocycles. The first-order valence-electron chi connectivity index (χ1n) is 10.7. The predicted octanol–water partition coefficient (Wildman–Crippen LogP) is 4.25. The number of pyridine rings is 1. The number of ether oxygens (including phenoxy) is 2. The van der Waals surface area contributed by atoms with Crippen molar-refractivity contribution in [1.29, 1.82) is 0 Å². The van der Waals surface area contributed by atoms with Gasteiger partial charge < -0.3 is 19.5 Å². The molecule has 0 radical (unpaired) electrons. The first-order chi connectivity index (χ1) is 16.4. The summed E-state index contributed by atoms with van der Waals surface area (Å²) < 4.78 is 24.8. The van der Waals surface area contributed by atoms with Crippen molar-refractivity contribution in [1.82, 2.24) is 9.88 Å². The second kappa shape index (κ2) is 9.74. The van der Waals surface area contributed by atoms with Gasteiger partial charge in [0.25, 0.3) is 11.7 Å². The molecular formula is C26H23FN2O5. The topological polar surface area (TPSA) is 89.0 Å². The number of halogens is 1. The second-order valence-electron chi connectivity index (χ2n) is 7.64. The molecule has 2 aromatic carbocycles. The highest BCUT2D eigenvalue weighted by molar-refractivity contribution is 6.46. The molecule has 2 heterocycles. The number of methoxy groups -OCH3 is 1. The summed E-state index contributed by atoms with van der Waals surface area (Å²) in [6.07, 6.45) is 3.22. The summed E-state index contributed by atoms with van der Waals surface area (Å²) in [4.78, 5) is 31.6. The van der Waals surface area contributed by atoms with Crippen molar-refractivity contribution < 1.29 is 28.6 Å². The predicted molar refractivity (Wildman–Crippen MR) is 123 cm³/mol. The van der Waals surface area contributed by atoms with Gasteiger partial charge >= 0.3 is 0 Å². The van der Waals surface area contributed by atoms with Crippen LogP contribution in [-0.2, 0) is 16.1 Å². The fourth-order valence-corrected chi connectivity index (χ4v) is 3.96. The lowest BCUT2D eigenvalue weighted by Crippen LogP contribution is -2.29. The van der Waals surface area contributed by atoms with E-state index >= 15 is 0 Å². The van der Waals surface area contributed by atoms with Gasteiger partial charge in [-0.3, -0.25) is 14.6 Å². The summed E-state index contributed by atoms with van der Waals surface area (Å²) in [5.41, 5.74) is 1.26. The molecule has 0 spiro atoms. The normalized spacial score (nSPS) is 17.1. The van der Waals surface area contributed by atoms with Crippen molar-refractivity contribution >= 4 is 17.4 Å². The van der Waals surface area contributed by atoms with Gasteiger partial charge in [0.05, 0.1) is 25.3 Å². The van der Waals surface area contributed by atoms with Crippen LogP contribution in [0.3, 0.4) is 0 Å². The number of hydrogen-bond donors (Lipinski definition) is 1. The first-order valence-corrected chi connectivity index (χ1v) is 10.7. The Bertz CT molecular complexity index is 1240. The standard InChI is InChI=1S/C26H23FN2O5/c1-3-34-19-9-6-17(7-10-19)23-22(24(30)18-8-11-21(33-2)20(27)13-18)25(31)26(32)29(23)15-16-5-4-12-28-14-16/h4-14,23,30H,3,15H2,1-2H3/b24-22-. The van der Waals surface area contributed by atoms with E-state index < -0.39 is 29.3 Å². The van der Waals surface area contributed by atoms with Crippen molar-refractivity contribution in [3.63, 3.8) is 0 Å². The summed E-state index contributed by atoms with van der Waals surface area (Å²) in [5.74, 6) is -2.15. The molecular weight excluding hydrogens is 439 g/mol. The number of amides is 1. The number of carbonyl (C=O) groups excluding carboxylic acids is 2. The van der Waals surface area contributed by atoms with Gasteiger partial charge in [0.1, 0.15) is 11.5 Å². The number of nitrogens with zero attached hydrogens (tertiary/aromatic N) is 2. The zero-order valence-electron chi connectivity index (χ0n) is 18.7. The highest BCUT2D eigenvalue weighted by Gasteiger charge is 2.46. The molecule has 34 heavy (non-hydrogen) atoms. The third-order valence-corrected chi connectivity index (χ3v) is 5.55. The Labute approximate surface area is 196 Å². The minimum Gasteiger partial charge on any atom is -0.507 e. The molecule has 1 aliphatic heterocycles. The third-order valence-electron chi connectivity index (χ3n) is 5.55. The highest BCUT2D eigenvalue weighted by Crippen LogP contribution is 2.41. The summed E-state index contributed by atoms with van der Waals surface area (Å²) in [7, 11) is 1.33. The molecule has 4 rings (SSSR count). The van der Waals surface area contributed by atoms with Gasteiger partial charge in [-0.05, 0) is 54.4 Å². The lowest BCUT2D eigenvalue weighted by Gasteiger charge is -2.25. The average molecular weight is 462 g/mol. The fraction of sp³-hybridized carbons (Fsp3) is 0.192. The van der Waals surface area contributed by atoms with Gasteiger partial charge in [0, 0.05) is 24.5 Å². The molecule has 0 bridgehead atoms. The van der Waals surface area contributed by atoms with Crippen molar-refractivity contribution in [3.05, 3.63) is 95.1 Å². The lowest BCUT2D eigenvalue weighted by atomic mass is 9.95. The van der Waals surface area contributed by atoms with E-state index in [0.717, 1.165) is 11.6 Å². The third kappa shape index (κ3) is 4.34. The Morgan fingerprint density at radius 3 is 2.53 bits per heavy atom. The van der Waals surface area contributed by atoms with Gasteiger partial charge in [-0.1, -0.05) is 18.2 Å². The van der Waals surface area contributed by atoms with Crippen LogP contribution in [0.4, 0.5) is 4.39 Å². The SMILES string of the molecule is CCOc1ccc(C2/C(=C(/O)c3ccc(OC)c(F)c3)C(=O)C(=O)N2Cc2cccnc2)cc1. The van der Waals surface area contributed by atoms with Crippen LogP contribution in [0.25, 0.3) is 5.76 Å². The summed E-state index contributed by atoms with van der Waals surface area (Å²) in [6.45, 7) is 2.45. The van der Waals surface area contributed by atoms with Crippen LogP contribution in [0.15, 0.2) is 72.6 Å². The molecule has 1 aliphatic rings. The van der Waals surface area contributed by atoms with Crippen LogP contribution in [0.2, 0.25) is 0 Å². The Kier molecular flexibility index (Phi) is 6.58. The maximum atomic E-state index is 14.3. The molecule has 1 atom stereocenters. The molecule has 1 amide bonds. The van der Waals surface area contributed by atoms with E-state index in [1.54, 1.807) is 48.8 Å². The van der Waals surface area contributed by atoms with Crippen LogP contribution < -0.4 is 9.47 Å². The Morgan fingerprint density at radius 1 is 1.15 bits per heavy atom. The van der Waals surface area contributed by atoms with Crippen molar-refractivity contribution in [2.45, 2.75) is 19.5 Å². The number of aliphatic hydroxyl groups is 1. The number of rotatable bonds is 7. The van der Waals surface area contributed by atoms with Crippen LogP contribution >= 0.6 is 0 Å². The minimum absolute atomic E-state index is 0.00311. The Hall–Kier alpha value is -4.20. The summed E-state index contributed by atoms with van der Waals surface area (Å²) >= 11 is 0. The maximum Gasteiger partial charge on any atom is 0.295 e. The number of benzene rings is 2. The lowest BCUT2D eigenvalue weighted by molar-refractivity contribution is -0.140. The van der Waals surface area contributed by atoms with Crippen molar-refractivity contribution in [3.8, 4) is 11.5 Å². The first kappa shape index (κ1) is 23.0. The zero-order valence-corrected chi connectivity index (χ0v) is 18.7. The van der Waals surface area contributed by atoms with E-state index in [1.807, 2.05) is 6.92 Å². The number of ketones is 1. The fourth-order valence-electron chi connectivity index (χ4n) is 3.96. The average Bonchev–Trinajstić information content (AvgIpc) is 3.10. The number of likely N-dealkylation sites (tertiary alicyclic amines) is 1. The molecule has 0 aliphatic carbocycles. The monoisotopic (exact) mass is 462 g/mol. The largest absolute Gasteiger partial charge is 0.507 e. The van der Waals surface area contributed by atoms with E-state index in [2.05, 4.69) is 4.98 Å². The quantitative estimate of drug-likeness (QED) is 0.321. The molecule has 1 unspecified atom stereocenters. The molecule has 1 fully saturated rings. The van der Waals surface area contributed by atoms with Crippen LogP contribution in [0, 0.1) is 5.82 Å². The van der Waals surface area contributed by atoms with Gasteiger partial charge in [0.2, 0.25) is 0 Å². The Balaban J connectivity index is 1.84. The summed E-state index contributed by atoms with van der Waals surface area (Å²) in [6, 6.07) is 13.4. The molecule has 3 aromatic rings. The summed E-state index contributed by atoms with van der Waals surface area (Å²) in [5, 5.41) is 11.1.